The van der Waals surface area contributed by atoms with Gasteiger partial charge in [-0.2, -0.15) is 0 Å². The minimum absolute atomic E-state index is 0.329. The molecule has 20 heavy (non-hydrogen) atoms. The Hall–Kier alpha value is 0.0200. The van der Waals surface area contributed by atoms with E-state index in [1.54, 1.807) is 0 Å². The van der Waals surface area contributed by atoms with Crippen molar-refractivity contribution in [1.82, 2.24) is 0 Å². The van der Waals surface area contributed by atoms with E-state index in [4.69, 9.17) is 0 Å². The van der Waals surface area contributed by atoms with E-state index < -0.39 is 0 Å². The van der Waals surface area contributed by atoms with Gasteiger partial charge in [0.25, 0.3) is 0 Å². The van der Waals surface area contributed by atoms with Crippen molar-refractivity contribution in [3.8, 4) is 0 Å². The van der Waals surface area contributed by atoms with Gasteiger partial charge in [-0.25, -0.2) is 0 Å². The summed E-state index contributed by atoms with van der Waals surface area (Å²) in [6, 6.07) is 0. The summed E-state index contributed by atoms with van der Waals surface area (Å²) in [5.74, 6) is 1.88. The van der Waals surface area contributed by atoms with Crippen LogP contribution in [0.4, 0.5) is 0 Å². The summed E-state index contributed by atoms with van der Waals surface area (Å²) in [5.41, 5.74) is 0. The van der Waals surface area contributed by atoms with Gasteiger partial charge in [-0.1, -0.05) is 103 Å². The van der Waals surface area contributed by atoms with Gasteiger partial charge in [0.2, 0.25) is 0 Å². The van der Waals surface area contributed by atoms with Crippen LogP contribution in [0.5, 0.6) is 0 Å². The first-order chi connectivity index (χ1) is 9.81. The second-order valence-corrected chi connectivity index (χ2v) is 6.88. The van der Waals surface area contributed by atoms with E-state index in [9.17, 15) is 4.79 Å². The lowest BCUT2D eigenvalue weighted by Gasteiger charge is -2.03. The highest BCUT2D eigenvalue weighted by Crippen LogP contribution is 2.15. The molecule has 0 fully saturated rings. The Balaban J connectivity index is 3.01. The summed E-state index contributed by atoms with van der Waals surface area (Å²) in [7, 11) is 0. The average Bonchev–Trinajstić information content (AvgIpc) is 2.44. The summed E-state index contributed by atoms with van der Waals surface area (Å²) in [4.78, 5) is 11.3. The van der Waals surface area contributed by atoms with E-state index in [-0.39, 0.29) is 0 Å². The van der Waals surface area contributed by atoms with Crippen LogP contribution in [0.15, 0.2) is 0 Å². The number of carbonyl (C=O) groups excluding carboxylic acids is 1. The first-order valence-electron chi connectivity index (χ1n) is 8.78. The molecule has 1 radical (unpaired) electrons. The van der Waals surface area contributed by atoms with Crippen molar-refractivity contribution >= 4 is 16.9 Å². The number of hydrogen-bond donors (Lipinski definition) is 0. The molecule has 0 bridgehead atoms. The molecule has 0 saturated carbocycles. The van der Waals surface area contributed by atoms with Gasteiger partial charge in [0.05, 0.1) is 0 Å². The summed E-state index contributed by atoms with van der Waals surface area (Å²) in [5, 5.41) is 0.329. The molecule has 0 aliphatic carbocycles. The van der Waals surface area contributed by atoms with E-state index >= 15 is 0 Å². The highest BCUT2D eigenvalue weighted by atomic mass is 32.2. The molecule has 0 saturated heterocycles. The molecule has 0 aromatic rings. The Morgan fingerprint density at radius 3 is 1.55 bits per heavy atom. The normalized spacial score (nSPS) is 10.9. The third-order valence-electron chi connectivity index (χ3n) is 3.73. The maximum absolute atomic E-state index is 11.3. The standard InChI is InChI=1S/C18H35OS/c1-3-5-6-7-8-9-10-11-12-13-14-15-16-17-18(19)20-4-2/h4H,3,5-17H2,1-2H3. The fraction of sp³-hybridized carbons (Fsp3) is 0.889. The highest BCUT2D eigenvalue weighted by molar-refractivity contribution is 8.15. The SMILES string of the molecule is C[CH]SC(=O)CCCCCCCCCCCCCCC. The van der Waals surface area contributed by atoms with Crippen LogP contribution in [-0.2, 0) is 4.79 Å². The van der Waals surface area contributed by atoms with E-state index in [2.05, 4.69) is 6.92 Å². The van der Waals surface area contributed by atoms with Crippen LogP contribution in [-0.4, -0.2) is 5.12 Å². The van der Waals surface area contributed by atoms with Crippen LogP contribution in [0.2, 0.25) is 0 Å². The van der Waals surface area contributed by atoms with Crippen LogP contribution in [0, 0.1) is 5.75 Å². The summed E-state index contributed by atoms with van der Waals surface area (Å²) in [6.07, 6.45) is 18.5. The lowest BCUT2D eigenvalue weighted by molar-refractivity contribution is -0.111. The van der Waals surface area contributed by atoms with Crippen molar-refractivity contribution in [2.24, 2.45) is 0 Å². The van der Waals surface area contributed by atoms with Crippen LogP contribution in [0.1, 0.15) is 104 Å². The van der Waals surface area contributed by atoms with Crippen molar-refractivity contribution in [2.75, 3.05) is 0 Å². The molecule has 2 heteroatoms. The molecule has 0 spiro atoms. The molecule has 0 atom stereocenters. The Morgan fingerprint density at radius 1 is 0.750 bits per heavy atom. The van der Waals surface area contributed by atoms with E-state index in [0.29, 0.717) is 5.12 Å². The predicted octanol–water partition coefficient (Wildman–Crippen LogP) is 6.91. The molecule has 0 amide bonds. The Kier molecular flexibility index (Phi) is 17.1. The molecule has 0 unspecified atom stereocenters. The van der Waals surface area contributed by atoms with E-state index in [1.807, 2.05) is 12.7 Å². The van der Waals surface area contributed by atoms with Gasteiger partial charge in [0.1, 0.15) is 0 Å². The maximum atomic E-state index is 11.3. The zero-order chi connectivity index (χ0) is 14.9. The number of unbranched alkanes of at least 4 members (excludes halogenated alkanes) is 12. The number of thioether (sulfide) groups is 1. The number of carbonyl (C=O) groups is 1. The Bertz CT molecular complexity index is 204. The minimum atomic E-state index is 0.329. The molecule has 0 aromatic carbocycles. The summed E-state index contributed by atoms with van der Waals surface area (Å²) >= 11 is 1.35. The van der Waals surface area contributed by atoms with Gasteiger partial charge in [-0.15, -0.1) is 0 Å². The zero-order valence-electron chi connectivity index (χ0n) is 13.8. The largest absolute Gasteiger partial charge is 0.287 e. The highest BCUT2D eigenvalue weighted by Gasteiger charge is 2.00. The predicted molar refractivity (Wildman–Crippen MR) is 92.9 cm³/mol. The molecule has 0 heterocycles. The van der Waals surface area contributed by atoms with Gasteiger partial charge in [-0.05, 0) is 6.42 Å². The lowest BCUT2D eigenvalue weighted by Crippen LogP contribution is -1.90. The van der Waals surface area contributed by atoms with Crippen molar-refractivity contribution in [3.05, 3.63) is 5.75 Å². The topological polar surface area (TPSA) is 17.1 Å². The van der Waals surface area contributed by atoms with Crippen LogP contribution in [0.25, 0.3) is 0 Å². The quantitative estimate of drug-likeness (QED) is 0.306. The van der Waals surface area contributed by atoms with Crippen LogP contribution < -0.4 is 0 Å². The second-order valence-electron chi connectivity index (χ2n) is 5.72. The van der Waals surface area contributed by atoms with Gasteiger partial charge in [0.15, 0.2) is 5.12 Å². The van der Waals surface area contributed by atoms with E-state index in [0.717, 1.165) is 12.8 Å². The first kappa shape index (κ1) is 20.0. The summed E-state index contributed by atoms with van der Waals surface area (Å²) in [6.45, 7) is 4.20. The molecular weight excluding hydrogens is 264 g/mol. The van der Waals surface area contributed by atoms with Crippen molar-refractivity contribution < 1.29 is 4.79 Å². The molecule has 119 valence electrons. The zero-order valence-corrected chi connectivity index (χ0v) is 14.6. The van der Waals surface area contributed by atoms with Crippen molar-refractivity contribution in [1.29, 1.82) is 0 Å². The number of rotatable bonds is 15. The van der Waals surface area contributed by atoms with Crippen LogP contribution in [0.3, 0.4) is 0 Å². The fourth-order valence-corrected chi connectivity index (χ4v) is 3.00. The van der Waals surface area contributed by atoms with Gasteiger partial charge in [-0.3, -0.25) is 4.79 Å². The Labute approximate surface area is 131 Å². The number of hydrogen-bond acceptors (Lipinski definition) is 2. The third-order valence-corrected chi connectivity index (χ3v) is 4.44. The van der Waals surface area contributed by atoms with Crippen molar-refractivity contribution in [3.63, 3.8) is 0 Å². The maximum Gasteiger partial charge on any atom is 0.189 e. The first-order valence-corrected chi connectivity index (χ1v) is 9.66. The molecule has 0 aliphatic rings. The average molecular weight is 300 g/mol. The lowest BCUT2D eigenvalue weighted by atomic mass is 10.0. The smallest absolute Gasteiger partial charge is 0.189 e. The molecule has 0 rings (SSSR count). The monoisotopic (exact) mass is 299 g/mol. The van der Waals surface area contributed by atoms with Crippen molar-refractivity contribution in [2.45, 2.75) is 104 Å². The molecule has 1 nitrogen and oxygen atoms in total. The van der Waals surface area contributed by atoms with Gasteiger partial charge in [0, 0.05) is 12.2 Å². The summed E-state index contributed by atoms with van der Waals surface area (Å²) < 4.78 is 0. The molecular formula is C18H35OS. The van der Waals surface area contributed by atoms with E-state index in [1.165, 1.54) is 88.8 Å². The van der Waals surface area contributed by atoms with Gasteiger partial charge >= 0.3 is 0 Å². The van der Waals surface area contributed by atoms with Crippen LogP contribution >= 0.6 is 11.8 Å². The van der Waals surface area contributed by atoms with Gasteiger partial charge < -0.3 is 0 Å². The molecule has 0 N–H and O–H groups in total. The second kappa shape index (κ2) is 17.1. The fourth-order valence-electron chi connectivity index (χ4n) is 2.48. The Morgan fingerprint density at radius 2 is 1.15 bits per heavy atom. The third kappa shape index (κ3) is 16.1. The molecule has 0 aromatic heterocycles. The minimum Gasteiger partial charge on any atom is -0.287 e. The molecule has 0 aliphatic heterocycles.